The summed E-state index contributed by atoms with van der Waals surface area (Å²) in [7, 11) is 0.792. The van der Waals surface area contributed by atoms with Gasteiger partial charge in [0.1, 0.15) is 0 Å². The van der Waals surface area contributed by atoms with Crippen molar-refractivity contribution in [2.75, 3.05) is 25.2 Å². The molecule has 3 nitrogen and oxygen atoms in total. The molecule has 0 spiro atoms. The van der Waals surface area contributed by atoms with E-state index in [0.717, 1.165) is 6.42 Å². The maximum absolute atomic E-state index is 11.0. The Morgan fingerprint density at radius 2 is 2.27 bits per heavy atom. The summed E-state index contributed by atoms with van der Waals surface area (Å²) in [6, 6.07) is 2.01. The Morgan fingerprint density at radius 1 is 1.55 bits per heavy atom. The Balaban J connectivity index is 3.17. The first-order valence-electron chi connectivity index (χ1n) is 3.52. The molecule has 0 saturated carbocycles. The minimum atomic E-state index is -0.798. The van der Waals surface area contributed by atoms with Gasteiger partial charge in [0.25, 0.3) is 0 Å². The molecule has 0 aromatic heterocycles. The summed E-state index contributed by atoms with van der Waals surface area (Å²) >= 11 is 0. The molecule has 64 valence electrons. The van der Waals surface area contributed by atoms with Gasteiger partial charge in [-0.3, -0.25) is 4.21 Å². The summed E-state index contributed by atoms with van der Waals surface area (Å²) in [5.74, 6) is 1.21. The second-order valence-electron chi connectivity index (χ2n) is 2.10. The molecule has 0 N–H and O–H groups in total. The molecule has 0 aromatic rings. The van der Waals surface area contributed by atoms with Crippen LogP contribution in [-0.4, -0.2) is 29.4 Å². The van der Waals surface area contributed by atoms with Crippen molar-refractivity contribution in [3.8, 4) is 6.07 Å². The summed E-state index contributed by atoms with van der Waals surface area (Å²) in [4.78, 5) is 0. The van der Waals surface area contributed by atoms with Crippen LogP contribution in [0, 0.1) is 11.3 Å². The van der Waals surface area contributed by atoms with E-state index in [1.165, 1.54) is 0 Å². The van der Waals surface area contributed by atoms with Crippen molar-refractivity contribution in [3.05, 3.63) is 0 Å². The fraction of sp³-hybridized carbons (Fsp3) is 0.857. The molecular weight excluding hydrogens is 162 g/mol. The first kappa shape index (κ1) is 10.6. The molecular formula is C7H13NO2S. The number of ether oxygens (including phenoxy) is 1. The Morgan fingerprint density at radius 3 is 2.82 bits per heavy atom. The van der Waals surface area contributed by atoms with E-state index in [2.05, 4.69) is 0 Å². The Hall–Kier alpha value is -0.400. The second kappa shape index (κ2) is 7.70. The Kier molecular flexibility index (Phi) is 7.42. The van der Waals surface area contributed by atoms with Crippen LogP contribution in [0.4, 0.5) is 0 Å². The average molecular weight is 175 g/mol. The zero-order valence-electron chi connectivity index (χ0n) is 6.71. The van der Waals surface area contributed by atoms with Gasteiger partial charge in [0.15, 0.2) is 0 Å². The van der Waals surface area contributed by atoms with Crippen molar-refractivity contribution >= 4 is 10.8 Å². The molecule has 0 aliphatic rings. The molecule has 11 heavy (non-hydrogen) atoms. The fourth-order valence-electron chi connectivity index (χ4n) is 0.591. The highest BCUT2D eigenvalue weighted by Gasteiger charge is 1.97. The van der Waals surface area contributed by atoms with Crippen LogP contribution >= 0.6 is 0 Å². The number of hydrogen-bond acceptors (Lipinski definition) is 3. The van der Waals surface area contributed by atoms with Crippen molar-refractivity contribution in [2.45, 2.75) is 12.8 Å². The number of nitriles is 1. The lowest BCUT2D eigenvalue weighted by atomic mass is 10.4. The number of nitrogens with zero attached hydrogens (tertiary/aromatic N) is 1. The minimum Gasteiger partial charge on any atom is -0.384 e. The molecule has 0 saturated heterocycles. The lowest BCUT2D eigenvalue weighted by Gasteiger charge is -1.98. The van der Waals surface area contributed by atoms with E-state index in [4.69, 9.17) is 10.00 Å². The van der Waals surface area contributed by atoms with E-state index in [1.807, 2.05) is 6.07 Å². The van der Waals surface area contributed by atoms with E-state index in [9.17, 15) is 4.21 Å². The van der Waals surface area contributed by atoms with Crippen LogP contribution in [0.1, 0.15) is 12.8 Å². The molecule has 0 heterocycles. The normalized spacial score (nSPS) is 12.4. The van der Waals surface area contributed by atoms with Gasteiger partial charge in [-0.2, -0.15) is 5.26 Å². The number of rotatable bonds is 6. The smallest absolute Gasteiger partial charge is 0.0622 e. The quantitative estimate of drug-likeness (QED) is 0.558. The highest BCUT2D eigenvalue weighted by molar-refractivity contribution is 7.84. The number of hydrogen-bond donors (Lipinski definition) is 0. The van der Waals surface area contributed by atoms with Crippen LogP contribution < -0.4 is 0 Å². The fourth-order valence-corrected chi connectivity index (χ4v) is 1.61. The van der Waals surface area contributed by atoms with Gasteiger partial charge in [-0.1, -0.05) is 0 Å². The van der Waals surface area contributed by atoms with E-state index in [1.54, 1.807) is 7.11 Å². The summed E-state index contributed by atoms with van der Waals surface area (Å²) in [5.41, 5.74) is 0. The maximum Gasteiger partial charge on any atom is 0.0622 e. The van der Waals surface area contributed by atoms with Crippen LogP contribution in [0.25, 0.3) is 0 Å². The van der Waals surface area contributed by atoms with Gasteiger partial charge in [0.2, 0.25) is 0 Å². The molecule has 0 rings (SSSR count). The van der Waals surface area contributed by atoms with Gasteiger partial charge >= 0.3 is 0 Å². The summed E-state index contributed by atoms with van der Waals surface area (Å²) < 4.78 is 15.8. The third kappa shape index (κ3) is 7.50. The highest BCUT2D eigenvalue weighted by atomic mass is 32.2. The second-order valence-corrected chi connectivity index (χ2v) is 3.80. The van der Waals surface area contributed by atoms with Crippen LogP contribution in [0.3, 0.4) is 0 Å². The first-order valence-corrected chi connectivity index (χ1v) is 5.01. The molecule has 0 aromatic carbocycles. The van der Waals surface area contributed by atoms with Gasteiger partial charge in [0, 0.05) is 35.8 Å². The Labute approximate surface area is 69.8 Å². The number of methoxy groups -OCH3 is 1. The number of unbranched alkanes of at least 4 members (excludes halogenated alkanes) is 1. The molecule has 0 aliphatic heterocycles. The maximum atomic E-state index is 11.0. The molecule has 0 radical (unpaired) electrons. The standard InChI is InChI=1S/C7H13NO2S/c1-10-5-7-11(9)6-3-2-4-8/h2-3,5-7H2,1H3. The minimum absolute atomic E-state index is 0.499. The molecule has 1 atom stereocenters. The first-order chi connectivity index (χ1) is 5.31. The predicted molar refractivity (Wildman–Crippen MR) is 44.6 cm³/mol. The van der Waals surface area contributed by atoms with Crippen molar-refractivity contribution in [2.24, 2.45) is 0 Å². The molecule has 0 amide bonds. The molecule has 0 fully saturated rings. The van der Waals surface area contributed by atoms with E-state index >= 15 is 0 Å². The van der Waals surface area contributed by atoms with Gasteiger partial charge in [-0.05, 0) is 6.42 Å². The monoisotopic (exact) mass is 175 g/mol. The van der Waals surface area contributed by atoms with Crippen molar-refractivity contribution in [3.63, 3.8) is 0 Å². The van der Waals surface area contributed by atoms with Crippen LogP contribution in [0.2, 0.25) is 0 Å². The summed E-state index contributed by atoms with van der Waals surface area (Å²) in [6.07, 6.45) is 1.23. The van der Waals surface area contributed by atoms with Crippen LogP contribution in [0.5, 0.6) is 0 Å². The molecule has 1 unspecified atom stereocenters. The topological polar surface area (TPSA) is 50.1 Å². The summed E-state index contributed by atoms with van der Waals surface area (Å²) in [5, 5.41) is 8.18. The van der Waals surface area contributed by atoms with Crippen molar-refractivity contribution in [1.29, 1.82) is 5.26 Å². The third-order valence-corrected chi connectivity index (χ3v) is 2.54. The summed E-state index contributed by atoms with van der Waals surface area (Å²) in [6.45, 7) is 0.541. The van der Waals surface area contributed by atoms with E-state index in [-0.39, 0.29) is 0 Å². The van der Waals surface area contributed by atoms with Gasteiger partial charge < -0.3 is 4.74 Å². The molecule has 4 heteroatoms. The van der Waals surface area contributed by atoms with E-state index < -0.39 is 10.8 Å². The predicted octanol–water partition coefficient (Wildman–Crippen LogP) is 0.685. The van der Waals surface area contributed by atoms with Crippen LogP contribution in [0.15, 0.2) is 0 Å². The largest absolute Gasteiger partial charge is 0.384 e. The average Bonchev–Trinajstić information content (AvgIpc) is 2.01. The third-order valence-electron chi connectivity index (χ3n) is 1.18. The zero-order chi connectivity index (χ0) is 8.53. The SMILES string of the molecule is COCCS(=O)CCCC#N. The van der Waals surface area contributed by atoms with Crippen molar-refractivity contribution in [1.82, 2.24) is 0 Å². The molecule has 0 bridgehead atoms. The van der Waals surface area contributed by atoms with E-state index in [0.29, 0.717) is 24.5 Å². The highest BCUT2D eigenvalue weighted by Crippen LogP contribution is 1.91. The Bertz CT molecular complexity index is 153. The van der Waals surface area contributed by atoms with Gasteiger partial charge in [-0.15, -0.1) is 0 Å². The zero-order valence-corrected chi connectivity index (χ0v) is 7.52. The lowest BCUT2D eigenvalue weighted by molar-refractivity contribution is 0.218. The van der Waals surface area contributed by atoms with Gasteiger partial charge in [-0.25, -0.2) is 0 Å². The van der Waals surface area contributed by atoms with Crippen molar-refractivity contribution < 1.29 is 8.95 Å². The molecule has 0 aliphatic carbocycles. The lowest BCUT2D eigenvalue weighted by Crippen LogP contribution is -2.07. The van der Waals surface area contributed by atoms with Crippen LogP contribution in [-0.2, 0) is 15.5 Å². The van der Waals surface area contributed by atoms with Gasteiger partial charge in [0.05, 0.1) is 12.7 Å².